The molecule has 4 saturated heterocycles. The highest BCUT2D eigenvalue weighted by Gasteiger charge is 2.52. The van der Waals surface area contributed by atoms with Gasteiger partial charge < -0.3 is 34.4 Å². The van der Waals surface area contributed by atoms with Gasteiger partial charge in [-0.1, -0.05) is 20.8 Å². The van der Waals surface area contributed by atoms with Crippen LogP contribution in [0.5, 0.6) is 11.5 Å². The molecule has 4 aliphatic heterocycles. The fourth-order valence-corrected chi connectivity index (χ4v) is 13.6. The van der Waals surface area contributed by atoms with Gasteiger partial charge in [0.15, 0.2) is 21.4 Å². The lowest BCUT2D eigenvalue weighted by Gasteiger charge is -2.57. The number of carbonyl (C=O) groups is 3. The Morgan fingerprint density at radius 3 is 2.35 bits per heavy atom. The summed E-state index contributed by atoms with van der Waals surface area (Å²) >= 11 is 1.34. The van der Waals surface area contributed by atoms with Crippen LogP contribution < -0.4 is 19.7 Å². The number of morpholine rings is 1. The van der Waals surface area contributed by atoms with Gasteiger partial charge in [-0.15, -0.1) is 11.3 Å². The molecule has 2 unspecified atom stereocenters. The predicted octanol–water partition coefficient (Wildman–Crippen LogP) is 7.02. The van der Waals surface area contributed by atoms with E-state index >= 15 is 0 Å². The van der Waals surface area contributed by atoms with Crippen LogP contribution in [0.25, 0.3) is 10.9 Å². The average molecular weight is 1210 g/mol. The average Bonchev–Trinajstić information content (AvgIpc) is 1.72. The van der Waals surface area contributed by atoms with Gasteiger partial charge in [0.05, 0.1) is 47.4 Å². The zero-order valence-corrected chi connectivity index (χ0v) is 51.4. The fourth-order valence-electron chi connectivity index (χ4n) is 11.4. The van der Waals surface area contributed by atoms with E-state index in [1.807, 2.05) is 46.4 Å². The monoisotopic (exact) mass is 1210 g/mol. The second-order valence-corrected chi connectivity index (χ2v) is 28.2. The highest BCUT2D eigenvalue weighted by Crippen LogP contribution is 2.42. The Labute approximate surface area is 499 Å². The van der Waals surface area contributed by atoms with Crippen LogP contribution >= 0.6 is 11.3 Å². The van der Waals surface area contributed by atoms with Crippen molar-refractivity contribution in [1.29, 1.82) is 0 Å². The molecule has 0 saturated carbocycles. The standard InChI is InChI=1S/C59H77FN14O9S2/c1-37-38(2)67-68-52(37)66-53-44-25-49(85(79,80)58(6,7)8)48(26-45(44)63-36-64-53)82-24-21-69-17-19-71(20-18-69)55-61-27-42(28-62-55)83-33-43-31-70(22-23-81-43)29-41-30-74(56(77)78)59(9,57(3,4)5)35-72(41)32-50(75)73-16-10-11-47(73)54-65-46(34-84-54)51(76)39-12-14-40(60)15-13-39/h12-15,25-28,34,36,41,43,47H,10-11,16-24,29-33,35H2,1-9H3,(H,77,78)(H2,63,64,66,67,68)/t41-,43?,47?,59-/m0/s1. The number of nitrogens with zero attached hydrogens (tertiary/aromatic N) is 12. The molecule has 0 radical (unpaired) electrons. The number of amides is 2. The lowest BCUT2D eigenvalue weighted by atomic mass is 9.71. The second kappa shape index (κ2) is 24.8. The van der Waals surface area contributed by atoms with Crippen molar-refractivity contribution in [2.24, 2.45) is 5.41 Å². The molecular formula is C59H77FN14O9S2. The summed E-state index contributed by atoms with van der Waals surface area (Å²) in [5, 5.41) is 24.1. The van der Waals surface area contributed by atoms with Gasteiger partial charge in [-0.2, -0.15) is 5.10 Å². The number of thiazole rings is 1. The molecule has 0 spiro atoms. The first-order chi connectivity index (χ1) is 40.4. The molecule has 6 aromatic rings. The number of likely N-dealkylation sites (tertiary alicyclic amines) is 1. The van der Waals surface area contributed by atoms with Crippen molar-refractivity contribution in [2.45, 2.75) is 109 Å². The first-order valence-electron chi connectivity index (χ1n) is 28.9. The molecule has 2 amide bonds. The Morgan fingerprint density at radius 2 is 1.67 bits per heavy atom. The molecule has 4 atom stereocenters. The number of aromatic nitrogens is 7. The number of aryl methyl sites for hydroxylation is 1. The molecule has 26 heteroatoms. The van der Waals surface area contributed by atoms with Crippen LogP contribution in [0, 0.1) is 25.1 Å². The minimum atomic E-state index is -3.86. The Kier molecular flexibility index (Phi) is 17.8. The Balaban J connectivity index is 0.724. The number of hydrogen-bond donors (Lipinski definition) is 3. The minimum absolute atomic E-state index is 0.0655. The quantitative estimate of drug-likeness (QED) is 0.0731. The number of halogens is 1. The highest BCUT2D eigenvalue weighted by atomic mass is 32.2. The number of anilines is 3. The van der Waals surface area contributed by atoms with E-state index in [2.05, 4.69) is 55.0 Å². The van der Waals surface area contributed by atoms with E-state index in [1.54, 1.807) is 55.6 Å². The van der Waals surface area contributed by atoms with Gasteiger partial charge in [-0.3, -0.25) is 34.3 Å². The number of aromatic amines is 1. The summed E-state index contributed by atoms with van der Waals surface area (Å²) in [4.78, 5) is 76.0. The number of nitrogens with one attached hydrogen (secondary N) is 2. The van der Waals surface area contributed by atoms with E-state index in [4.69, 9.17) is 19.2 Å². The molecular weight excluding hydrogens is 1130 g/mol. The van der Waals surface area contributed by atoms with Gasteiger partial charge in [0.2, 0.25) is 17.6 Å². The third-order valence-electron chi connectivity index (χ3n) is 17.3. The van der Waals surface area contributed by atoms with Gasteiger partial charge in [0, 0.05) is 112 Å². The maximum Gasteiger partial charge on any atom is 0.407 e. The van der Waals surface area contributed by atoms with Gasteiger partial charge in [-0.05, 0) is 90.1 Å². The van der Waals surface area contributed by atoms with Crippen LogP contribution in [0.1, 0.15) is 99.7 Å². The van der Waals surface area contributed by atoms with E-state index in [1.165, 1.54) is 41.9 Å². The number of ether oxygens (including phenoxy) is 3. The molecule has 8 heterocycles. The third-order valence-corrected chi connectivity index (χ3v) is 20.7. The number of H-pyrrole nitrogens is 1. The summed E-state index contributed by atoms with van der Waals surface area (Å²) < 4.78 is 59.3. The van der Waals surface area contributed by atoms with E-state index in [-0.39, 0.29) is 72.5 Å². The van der Waals surface area contributed by atoms with Crippen LogP contribution in [-0.2, 0) is 19.4 Å². The molecule has 4 aliphatic rings. The zero-order chi connectivity index (χ0) is 60.6. The van der Waals surface area contributed by atoms with Crippen LogP contribution in [0.4, 0.5) is 26.8 Å². The van der Waals surface area contributed by atoms with E-state index in [0.29, 0.717) is 123 Å². The van der Waals surface area contributed by atoms with Crippen LogP contribution in [-0.4, -0.2) is 212 Å². The topological polar surface area (TPSA) is 258 Å². The van der Waals surface area contributed by atoms with E-state index in [9.17, 15) is 32.3 Å². The molecule has 10 rings (SSSR count). The molecule has 2 aromatic carbocycles. The summed E-state index contributed by atoms with van der Waals surface area (Å²) in [5.41, 5.74) is 1.66. The number of benzene rings is 2. The molecule has 4 aromatic heterocycles. The molecule has 85 heavy (non-hydrogen) atoms. The lowest BCUT2D eigenvalue weighted by Crippen LogP contribution is -2.72. The Morgan fingerprint density at radius 1 is 0.929 bits per heavy atom. The minimum Gasteiger partial charge on any atom is -0.491 e. The SMILES string of the molecule is Cc1[nH]nc(Nc2ncnc3cc(OCCN4CCN(c5ncc(OCC6CN(C[C@H]7CN(C(=O)O)[C@](C)(C(C)(C)C)CN7CC(=O)N7CCCC7c7nc(C(=O)c8ccc(F)cc8)cs7)CCO6)cn5)CC4)c(S(=O)(=O)C(C)(C)C)cc23)c1C. The third kappa shape index (κ3) is 13.2. The predicted molar refractivity (Wildman–Crippen MR) is 319 cm³/mol. The fraction of sp³-hybridized carbons (Fsp3) is 0.542. The van der Waals surface area contributed by atoms with Gasteiger partial charge in [0.25, 0.3) is 0 Å². The number of carbonyl (C=O) groups excluding carboxylic acids is 2. The van der Waals surface area contributed by atoms with Crippen molar-refractivity contribution < 1.29 is 46.5 Å². The molecule has 0 bridgehead atoms. The molecule has 23 nitrogen and oxygen atoms in total. The lowest BCUT2D eigenvalue weighted by molar-refractivity contribution is -0.138. The van der Waals surface area contributed by atoms with Gasteiger partial charge >= 0.3 is 6.09 Å². The Hall–Kier alpha value is -6.97. The van der Waals surface area contributed by atoms with Crippen molar-refractivity contribution in [1.82, 2.24) is 59.6 Å². The van der Waals surface area contributed by atoms with E-state index in [0.717, 1.165) is 17.7 Å². The summed E-state index contributed by atoms with van der Waals surface area (Å²) in [6.45, 7) is 23.9. The largest absolute Gasteiger partial charge is 0.491 e. The summed E-state index contributed by atoms with van der Waals surface area (Å²) in [5.74, 6) is 1.49. The van der Waals surface area contributed by atoms with Crippen molar-refractivity contribution in [2.75, 3.05) is 109 Å². The van der Waals surface area contributed by atoms with Crippen molar-refractivity contribution >= 4 is 67.4 Å². The maximum atomic E-state index is 14.5. The zero-order valence-electron chi connectivity index (χ0n) is 49.8. The maximum absolute atomic E-state index is 14.5. The van der Waals surface area contributed by atoms with Crippen molar-refractivity contribution in [3.8, 4) is 11.5 Å². The Bertz CT molecular complexity index is 3490. The van der Waals surface area contributed by atoms with E-state index < -0.39 is 37.4 Å². The molecule has 4 fully saturated rings. The number of fused-ring (bicyclic) bond motifs is 1. The first kappa shape index (κ1) is 61.1. The number of rotatable bonds is 18. The van der Waals surface area contributed by atoms with Crippen molar-refractivity contribution in [3.05, 3.63) is 93.8 Å². The van der Waals surface area contributed by atoms with Crippen molar-refractivity contribution in [3.63, 3.8) is 0 Å². The number of piperazine rings is 2. The van der Waals surface area contributed by atoms with Gasteiger partial charge in [-0.25, -0.2) is 42.5 Å². The highest BCUT2D eigenvalue weighted by molar-refractivity contribution is 7.92. The van der Waals surface area contributed by atoms with Gasteiger partial charge in [0.1, 0.15) is 58.6 Å². The summed E-state index contributed by atoms with van der Waals surface area (Å²) in [6.07, 6.45) is 4.91. The number of carboxylic acid groups (broad SMARTS) is 1. The van der Waals surface area contributed by atoms with Crippen LogP contribution in [0.15, 0.2) is 65.4 Å². The second-order valence-electron chi connectivity index (χ2n) is 24.7. The molecule has 456 valence electrons. The molecule has 3 N–H and O–H groups in total. The number of ketones is 1. The number of hydrogen-bond acceptors (Lipinski definition) is 20. The normalized spacial score (nSPS) is 21.4. The van der Waals surface area contributed by atoms with Crippen LogP contribution in [0.2, 0.25) is 0 Å². The first-order valence-corrected chi connectivity index (χ1v) is 31.2. The number of sulfone groups is 1. The van der Waals surface area contributed by atoms with Crippen LogP contribution in [0.3, 0.4) is 0 Å². The summed E-state index contributed by atoms with van der Waals surface area (Å²) in [6, 6.07) is 8.01. The smallest absolute Gasteiger partial charge is 0.407 e. The molecule has 0 aliphatic carbocycles. The summed E-state index contributed by atoms with van der Waals surface area (Å²) in [7, 11) is -3.86.